The molecular weight excluding hydrogens is 1120 g/mol. The molecule has 1 aromatic heterocycles. The van der Waals surface area contributed by atoms with Gasteiger partial charge in [-0.3, -0.25) is 19.2 Å². The van der Waals surface area contributed by atoms with E-state index in [1.807, 2.05) is 0 Å². The molecule has 0 fully saturated rings. The van der Waals surface area contributed by atoms with Crippen molar-refractivity contribution in [3.05, 3.63) is 153 Å². The summed E-state index contributed by atoms with van der Waals surface area (Å²) in [6.07, 6.45) is -0.864. The molecule has 23 nitrogen and oxygen atoms in total. The number of aromatic hydroxyl groups is 1. The maximum absolute atomic E-state index is 13.7. The lowest BCUT2D eigenvalue weighted by molar-refractivity contribution is -0.120. The number of amides is 2. The number of carboxylic acid groups (broad SMARTS) is 1. The monoisotopic (exact) mass is 1170 g/mol. The van der Waals surface area contributed by atoms with Gasteiger partial charge in [0.25, 0.3) is 11.8 Å². The first-order valence-electron chi connectivity index (χ1n) is 23.0. The van der Waals surface area contributed by atoms with Crippen molar-refractivity contribution in [2.75, 3.05) is 69.7 Å². The van der Waals surface area contributed by atoms with E-state index < -0.39 is 41.6 Å². The van der Waals surface area contributed by atoms with Crippen molar-refractivity contribution >= 4 is 51.4 Å². The number of aromatic carboxylic acids is 1. The molecule has 80 heavy (non-hydrogen) atoms. The molecule has 1 unspecified atom stereocenters. The van der Waals surface area contributed by atoms with Crippen LogP contribution in [0.1, 0.15) is 66.1 Å². The molecule has 0 aliphatic heterocycles. The number of ketones is 1. The van der Waals surface area contributed by atoms with Gasteiger partial charge in [0.05, 0.1) is 82.7 Å². The highest BCUT2D eigenvalue weighted by Crippen LogP contribution is 2.35. The zero-order chi connectivity index (χ0) is 59.5. The zero-order valence-electron chi connectivity index (χ0n) is 44.1. The number of Topliss-reactive ketones (excluding diaryl/α,β-unsaturated/α-hetero) is 1. The van der Waals surface area contributed by atoms with Gasteiger partial charge < -0.3 is 74.2 Å². The maximum atomic E-state index is 13.7. The van der Waals surface area contributed by atoms with E-state index in [4.69, 9.17) is 61.0 Å². The number of halogens is 2. The number of hydrogen-bond donors (Lipinski definition) is 5. The van der Waals surface area contributed by atoms with E-state index in [1.165, 1.54) is 110 Å². The van der Waals surface area contributed by atoms with E-state index in [0.717, 1.165) is 0 Å². The molecule has 424 valence electrons. The largest absolute Gasteiger partial charge is 0.504 e. The van der Waals surface area contributed by atoms with E-state index in [1.54, 1.807) is 42.5 Å². The van der Waals surface area contributed by atoms with Gasteiger partial charge in [-0.05, 0) is 125 Å². The Labute approximate surface area is 466 Å². The molecule has 1 heterocycles. The Morgan fingerprint density at radius 3 is 1.52 bits per heavy atom. The maximum Gasteiger partial charge on any atom is 0.357 e. The highest BCUT2D eigenvalue weighted by Gasteiger charge is 2.19. The molecule has 0 saturated carbocycles. The Morgan fingerprint density at radius 2 is 1.05 bits per heavy atom. The summed E-state index contributed by atoms with van der Waals surface area (Å²) < 4.78 is 63.8. The number of carbonyl (C=O) groups excluding carboxylic acids is 5. The second-order valence-corrected chi connectivity index (χ2v) is 16.5. The van der Waals surface area contributed by atoms with Crippen molar-refractivity contribution in [3.63, 3.8) is 0 Å². The van der Waals surface area contributed by atoms with Crippen LogP contribution in [0.25, 0.3) is 16.1 Å². The van der Waals surface area contributed by atoms with E-state index >= 15 is 0 Å². The third kappa shape index (κ3) is 19.7. The number of carbonyl (C=O) groups is 6. The van der Waals surface area contributed by atoms with Crippen molar-refractivity contribution in [2.24, 2.45) is 11.5 Å². The lowest BCUT2D eigenvalue weighted by atomic mass is 10.0. The van der Waals surface area contributed by atoms with E-state index in [0.29, 0.717) is 50.9 Å². The number of phenolic OH excluding ortho intramolecular Hbond substituents is 1. The number of nitrogens with two attached hydrogens (primary N) is 2. The van der Waals surface area contributed by atoms with Crippen LogP contribution in [0.4, 0.5) is 4.39 Å². The van der Waals surface area contributed by atoms with Gasteiger partial charge in [-0.15, -0.1) is 0 Å². The Hall–Kier alpha value is -9.67. The number of phenols is 1. The van der Waals surface area contributed by atoms with E-state index in [2.05, 4.69) is 35.2 Å². The minimum Gasteiger partial charge on any atom is -0.504 e. The minimum atomic E-state index is -1.07. The van der Waals surface area contributed by atoms with Crippen LogP contribution in [0.15, 0.2) is 108 Å². The summed E-state index contributed by atoms with van der Waals surface area (Å²) in [5.74, 6) is -1.27. The van der Waals surface area contributed by atoms with Gasteiger partial charge in [0.15, 0.2) is 65.0 Å². The number of benzene rings is 5. The van der Waals surface area contributed by atoms with Crippen LogP contribution in [0.2, 0.25) is 0 Å². The number of aliphatic hydroxyl groups is 1. The topological polar surface area (TPSA) is 325 Å². The first-order chi connectivity index (χ1) is 38.2. The van der Waals surface area contributed by atoms with Crippen LogP contribution in [-0.2, 0) is 19.1 Å². The standard InChI is InChI=1S/C25H24BrFN2O6.C11H11NO4.C10H11NO5.C9H10O4/c1-33-22-10-6-18(29-25(22)15-3-5-17(27)16(26)11-15)20(31)8-7-19(30)14-4-9-21(23(12-14)34-2)35-13-24(28)32;1-12-7-16-9-5-4-8(11(13)15-3)6-10(9)14-2;1-15-8-4-6(10(13)14)2-3-7(8)16-5-9(11)12;1-12-8-5-6(9(11)13-2)3-4-7(8)10/h3-6,9-12,20,31H,7-8,13H2,1-2H3,(H2,28,32);4-6H,7H2,2-3H3;2-4H,5H2,1H3,(H2,11,12)(H,13,14);3-5,10H,1-2H3. The zero-order valence-corrected chi connectivity index (χ0v) is 45.7. The predicted octanol–water partition coefficient (Wildman–Crippen LogP) is 7.41. The quantitative estimate of drug-likeness (QED) is 0.0251. The summed E-state index contributed by atoms with van der Waals surface area (Å²) in [6.45, 7) is 5.91. The van der Waals surface area contributed by atoms with Crippen LogP contribution in [0.5, 0.6) is 51.7 Å². The summed E-state index contributed by atoms with van der Waals surface area (Å²) in [5, 5.41) is 28.7. The van der Waals surface area contributed by atoms with Crippen molar-refractivity contribution in [3.8, 4) is 63.0 Å². The highest BCUT2D eigenvalue weighted by molar-refractivity contribution is 9.10. The SMILES string of the molecule is COC(=O)c1ccc(O)c(OC)c1.COc1cc(C(=O)CCC(O)c2ccc(OC)c(-c3ccc(F)c(Br)c3)n2)ccc1OCC(N)=O.COc1cc(C(=O)O)ccc1OCC(N)=O.[C-]#[N+]COc1ccc(C(=O)OC)cc1OC. The second kappa shape index (κ2) is 32.8. The van der Waals surface area contributed by atoms with Gasteiger partial charge in [0.2, 0.25) is 0 Å². The van der Waals surface area contributed by atoms with Crippen molar-refractivity contribution in [1.29, 1.82) is 0 Å². The molecule has 0 aliphatic rings. The number of ether oxygens (including phenoxy) is 10. The van der Waals surface area contributed by atoms with Crippen LogP contribution < -0.4 is 49.4 Å². The van der Waals surface area contributed by atoms with Crippen molar-refractivity contribution < 1.29 is 95.8 Å². The van der Waals surface area contributed by atoms with Gasteiger partial charge in [-0.2, -0.15) is 0 Å². The number of rotatable bonds is 22. The number of carboxylic acids is 1. The average Bonchev–Trinajstić information content (AvgIpc) is 3.48. The normalized spacial score (nSPS) is 10.3. The molecule has 0 saturated heterocycles. The van der Waals surface area contributed by atoms with Crippen LogP contribution in [-0.4, -0.2) is 126 Å². The lowest BCUT2D eigenvalue weighted by Gasteiger charge is -2.15. The molecule has 1 atom stereocenters. The molecule has 0 bridgehead atoms. The predicted molar refractivity (Wildman–Crippen MR) is 287 cm³/mol. The number of hydrogen-bond acceptors (Lipinski definition) is 19. The summed E-state index contributed by atoms with van der Waals surface area (Å²) in [7, 11) is 9.75. The fourth-order valence-corrected chi connectivity index (χ4v) is 6.83. The van der Waals surface area contributed by atoms with Crippen molar-refractivity contribution in [1.82, 2.24) is 4.98 Å². The third-order valence-electron chi connectivity index (χ3n) is 10.4. The van der Waals surface area contributed by atoms with Gasteiger partial charge in [-0.1, -0.05) is 0 Å². The van der Waals surface area contributed by atoms with Gasteiger partial charge >= 0.3 is 24.6 Å². The molecule has 5 aromatic carbocycles. The smallest absolute Gasteiger partial charge is 0.357 e. The summed E-state index contributed by atoms with van der Waals surface area (Å²) in [4.78, 5) is 74.7. The Morgan fingerprint density at radius 1 is 0.600 bits per heavy atom. The van der Waals surface area contributed by atoms with E-state index in [-0.39, 0.29) is 83.1 Å². The fraction of sp³-hybridized carbons (Fsp3) is 0.236. The summed E-state index contributed by atoms with van der Waals surface area (Å²) >= 11 is 3.16. The Kier molecular flexibility index (Phi) is 26.5. The van der Waals surface area contributed by atoms with Gasteiger partial charge in [-0.25, -0.2) is 30.3 Å². The molecule has 0 aliphatic carbocycles. The van der Waals surface area contributed by atoms with E-state index in [9.17, 15) is 43.4 Å². The first kappa shape index (κ1) is 64.6. The number of primary amides is 2. The fourth-order valence-electron chi connectivity index (χ4n) is 6.46. The lowest BCUT2D eigenvalue weighted by Crippen LogP contribution is -2.20. The molecular formula is C55H56BrFN4O19. The van der Waals surface area contributed by atoms with Gasteiger partial charge in [0, 0.05) is 17.5 Å². The first-order valence-corrected chi connectivity index (χ1v) is 23.8. The number of methoxy groups -OCH3 is 7. The molecule has 0 radical (unpaired) electrons. The Balaban J connectivity index is 0.000000311. The molecule has 25 heteroatoms. The molecule has 6 rings (SSSR count). The Bertz CT molecular complexity index is 3170. The van der Waals surface area contributed by atoms with Crippen LogP contribution >= 0.6 is 15.9 Å². The molecule has 2 amide bonds. The third-order valence-corrected chi connectivity index (χ3v) is 11.0. The minimum absolute atomic E-state index is 0.00449. The number of pyridine rings is 1. The number of aromatic nitrogens is 1. The number of aliphatic hydroxyl groups excluding tert-OH is 1. The second-order valence-electron chi connectivity index (χ2n) is 15.6. The average molecular weight is 1180 g/mol. The number of esters is 2. The van der Waals surface area contributed by atoms with Gasteiger partial charge in [0.1, 0.15) is 17.3 Å². The summed E-state index contributed by atoms with van der Waals surface area (Å²) in [6, 6.07) is 25.2. The molecule has 0 spiro atoms. The molecule has 6 aromatic rings. The number of nitrogens with zero attached hydrogens (tertiary/aromatic N) is 2. The van der Waals surface area contributed by atoms with Crippen LogP contribution in [0.3, 0.4) is 0 Å². The highest BCUT2D eigenvalue weighted by atomic mass is 79.9. The molecule has 7 N–H and O–H groups in total. The van der Waals surface area contributed by atoms with Crippen molar-refractivity contribution in [2.45, 2.75) is 18.9 Å². The summed E-state index contributed by atoms with van der Waals surface area (Å²) in [5.41, 5.74) is 12.5. The van der Waals surface area contributed by atoms with Crippen LogP contribution in [0, 0.1) is 12.4 Å².